The Morgan fingerprint density at radius 1 is 1.00 bits per heavy atom. The van der Waals surface area contributed by atoms with Crippen molar-refractivity contribution in [2.75, 3.05) is 31.1 Å². The van der Waals surface area contributed by atoms with Gasteiger partial charge < -0.3 is 14.9 Å². The topological polar surface area (TPSA) is 43.8 Å². The second-order valence-corrected chi connectivity index (χ2v) is 5.62. The highest BCUT2D eigenvalue weighted by molar-refractivity contribution is 5.79. The van der Waals surface area contributed by atoms with Gasteiger partial charge in [0.1, 0.15) is 11.6 Å². The third-order valence-electron chi connectivity index (χ3n) is 4.15. The minimum absolute atomic E-state index is 0.0629. The van der Waals surface area contributed by atoms with Crippen LogP contribution in [0.2, 0.25) is 0 Å². The number of amides is 1. The zero-order valence-electron chi connectivity index (χ0n) is 12.8. The SMILES string of the molecule is O=C(Cc1ccccc1F)N1CCN(c2ccccc2O)CC1. The van der Waals surface area contributed by atoms with Gasteiger partial charge >= 0.3 is 0 Å². The molecule has 1 amide bonds. The van der Waals surface area contributed by atoms with Gasteiger partial charge in [-0.15, -0.1) is 0 Å². The lowest BCUT2D eigenvalue weighted by Gasteiger charge is -2.36. The molecule has 0 aromatic heterocycles. The first-order valence-electron chi connectivity index (χ1n) is 7.69. The van der Waals surface area contributed by atoms with Crippen LogP contribution in [0.1, 0.15) is 5.56 Å². The molecule has 0 radical (unpaired) electrons. The lowest BCUT2D eigenvalue weighted by molar-refractivity contribution is -0.130. The van der Waals surface area contributed by atoms with E-state index >= 15 is 0 Å². The van der Waals surface area contributed by atoms with Crippen LogP contribution < -0.4 is 4.90 Å². The van der Waals surface area contributed by atoms with E-state index in [0.717, 1.165) is 5.69 Å². The Bertz CT molecular complexity index is 697. The molecule has 1 N–H and O–H groups in total. The van der Waals surface area contributed by atoms with E-state index in [1.165, 1.54) is 6.07 Å². The highest BCUT2D eigenvalue weighted by Gasteiger charge is 2.23. The fourth-order valence-corrected chi connectivity index (χ4v) is 2.84. The molecule has 1 aliphatic heterocycles. The number of hydrogen-bond donors (Lipinski definition) is 1. The second kappa shape index (κ2) is 6.69. The molecule has 1 fully saturated rings. The Hall–Kier alpha value is -2.56. The van der Waals surface area contributed by atoms with Gasteiger partial charge in [-0.2, -0.15) is 0 Å². The van der Waals surface area contributed by atoms with Crippen LogP contribution in [0.5, 0.6) is 5.75 Å². The first-order chi connectivity index (χ1) is 11.1. The number of para-hydroxylation sites is 2. The van der Waals surface area contributed by atoms with Gasteiger partial charge in [0.15, 0.2) is 0 Å². The zero-order chi connectivity index (χ0) is 16.2. The minimum Gasteiger partial charge on any atom is -0.506 e. The number of hydrogen-bond acceptors (Lipinski definition) is 3. The van der Waals surface area contributed by atoms with Crippen LogP contribution in [0.25, 0.3) is 0 Å². The number of rotatable bonds is 3. The molecule has 0 atom stereocenters. The van der Waals surface area contributed by atoms with Gasteiger partial charge in [0.05, 0.1) is 12.1 Å². The van der Waals surface area contributed by atoms with Crippen molar-refractivity contribution >= 4 is 11.6 Å². The normalized spacial score (nSPS) is 14.8. The van der Waals surface area contributed by atoms with Crippen LogP contribution in [0.15, 0.2) is 48.5 Å². The summed E-state index contributed by atoms with van der Waals surface area (Å²) in [6, 6.07) is 13.6. The largest absolute Gasteiger partial charge is 0.506 e. The third kappa shape index (κ3) is 3.44. The molecule has 1 aliphatic rings. The molecule has 23 heavy (non-hydrogen) atoms. The van der Waals surface area contributed by atoms with Gasteiger partial charge in [-0.3, -0.25) is 4.79 Å². The summed E-state index contributed by atoms with van der Waals surface area (Å²) in [5.41, 5.74) is 1.22. The van der Waals surface area contributed by atoms with Crippen molar-refractivity contribution in [1.82, 2.24) is 4.90 Å². The van der Waals surface area contributed by atoms with Gasteiger partial charge in [-0.1, -0.05) is 30.3 Å². The monoisotopic (exact) mass is 314 g/mol. The molecule has 5 heteroatoms. The molecule has 0 bridgehead atoms. The standard InChI is InChI=1S/C18H19FN2O2/c19-15-6-2-1-5-14(15)13-18(23)21-11-9-20(10-12-21)16-7-3-4-8-17(16)22/h1-8,22H,9-13H2. The first-order valence-corrected chi connectivity index (χ1v) is 7.69. The number of phenolic OH excluding ortho intramolecular Hbond substituents is 1. The summed E-state index contributed by atoms with van der Waals surface area (Å²) in [7, 11) is 0. The Morgan fingerprint density at radius 2 is 1.65 bits per heavy atom. The second-order valence-electron chi connectivity index (χ2n) is 5.62. The van der Waals surface area contributed by atoms with Gasteiger partial charge in [0.25, 0.3) is 0 Å². The Morgan fingerprint density at radius 3 is 2.35 bits per heavy atom. The van der Waals surface area contributed by atoms with Crippen molar-refractivity contribution in [2.24, 2.45) is 0 Å². The molecule has 2 aromatic rings. The highest BCUT2D eigenvalue weighted by Crippen LogP contribution is 2.27. The number of anilines is 1. The van der Waals surface area contributed by atoms with Crippen LogP contribution >= 0.6 is 0 Å². The molecule has 3 rings (SSSR count). The van der Waals surface area contributed by atoms with Crippen molar-refractivity contribution in [2.45, 2.75) is 6.42 Å². The Labute approximate surface area is 134 Å². The van der Waals surface area contributed by atoms with E-state index in [4.69, 9.17) is 0 Å². The number of piperazine rings is 1. The number of halogens is 1. The maximum Gasteiger partial charge on any atom is 0.227 e. The average molecular weight is 314 g/mol. The van der Waals surface area contributed by atoms with Gasteiger partial charge in [0, 0.05) is 26.2 Å². The van der Waals surface area contributed by atoms with Gasteiger partial charge in [-0.25, -0.2) is 4.39 Å². The van der Waals surface area contributed by atoms with E-state index in [-0.39, 0.29) is 23.9 Å². The maximum absolute atomic E-state index is 13.6. The summed E-state index contributed by atoms with van der Waals surface area (Å²) in [4.78, 5) is 16.1. The lowest BCUT2D eigenvalue weighted by atomic mass is 10.1. The lowest BCUT2D eigenvalue weighted by Crippen LogP contribution is -2.49. The summed E-state index contributed by atoms with van der Waals surface area (Å²) in [5.74, 6) is -0.153. The number of carbonyl (C=O) groups is 1. The average Bonchev–Trinajstić information content (AvgIpc) is 2.57. The van der Waals surface area contributed by atoms with Crippen molar-refractivity contribution in [3.05, 3.63) is 59.9 Å². The van der Waals surface area contributed by atoms with E-state index in [9.17, 15) is 14.3 Å². The highest BCUT2D eigenvalue weighted by atomic mass is 19.1. The maximum atomic E-state index is 13.6. The van der Waals surface area contributed by atoms with E-state index in [0.29, 0.717) is 31.7 Å². The van der Waals surface area contributed by atoms with Crippen LogP contribution in [0, 0.1) is 5.82 Å². The predicted octanol–water partition coefficient (Wildman–Crippen LogP) is 2.42. The number of nitrogens with zero attached hydrogens (tertiary/aromatic N) is 2. The molecule has 4 nitrogen and oxygen atoms in total. The molecule has 1 heterocycles. The molecule has 0 saturated carbocycles. The van der Waals surface area contributed by atoms with E-state index in [2.05, 4.69) is 4.90 Å². The fourth-order valence-electron chi connectivity index (χ4n) is 2.84. The summed E-state index contributed by atoms with van der Waals surface area (Å²) in [6.07, 6.45) is 0.0866. The van der Waals surface area contributed by atoms with E-state index in [1.807, 2.05) is 12.1 Å². The van der Waals surface area contributed by atoms with Gasteiger partial charge in [-0.05, 0) is 23.8 Å². The summed E-state index contributed by atoms with van der Waals surface area (Å²) >= 11 is 0. The van der Waals surface area contributed by atoms with Gasteiger partial charge in [0.2, 0.25) is 5.91 Å². The van der Waals surface area contributed by atoms with Crippen LogP contribution in [0.4, 0.5) is 10.1 Å². The van der Waals surface area contributed by atoms with Crippen molar-refractivity contribution in [3.63, 3.8) is 0 Å². The molecule has 2 aromatic carbocycles. The van der Waals surface area contributed by atoms with Crippen molar-refractivity contribution in [1.29, 1.82) is 0 Å². The zero-order valence-corrected chi connectivity index (χ0v) is 12.8. The smallest absolute Gasteiger partial charge is 0.227 e. The third-order valence-corrected chi connectivity index (χ3v) is 4.15. The van der Waals surface area contributed by atoms with Crippen LogP contribution in [0.3, 0.4) is 0 Å². The Balaban J connectivity index is 1.60. The molecule has 1 saturated heterocycles. The Kier molecular flexibility index (Phi) is 4.46. The first kappa shape index (κ1) is 15.3. The van der Waals surface area contributed by atoms with Crippen molar-refractivity contribution < 1.29 is 14.3 Å². The molecular weight excluding hydrogens is 295 g/mol. The number of carbonyl (C=O) groups excluding carboxylic acids is 1. The molecular formula is C18H19FN2O2. The molecule has 0 spiro atoms. The number of aromatic hydroxyl groups is 1. The van der Waals surface area contributed by atoms with E-state index in [1.54, 1.807) is 35.2 Å². The van der Waals surface area contributed by atoms with Crippen LogP contribution in [-0.4, -0.2) is 42.1 Å². The number of phenols is 1. The minimum atomic E-state index is -0.339. The molecule has 0 aliphatic carbocycles. The quantitative estimate of drug-likeness (QED) is 0.946. The molecule has 0 unspecified atom stereocenters. The fraction of sp³-hybridized carbons (Fsp3) is 0.278. The predicted molar refractivity (Wildman–Crippen MR) is 87.0 cm³/mol. The van der Waals surface area contributed by atoms with Crippen molar-refractivity contribution in [3.8, 4) is 5.75 Å². The summed E-state index contributed by atoms with van der Waals surface area (Å²) in [6.45, 7) is 2.45. The van der Waals surface area contributed by atoms with Crippen LogP contribution in [-0.2, 0) is 11.2 Å². The summed E-state index contributed by atoms with van der Waals surface area (Å²) < 4.78 is 13.6. The summed E-state index contributed by atoms with van der Waals surface area (Å²) in [5, 5.41) is 9.90. The van der Waals surface area contributed by atoms with E-state index < -0.39 is 0 Å². The number of benzene rings is 2. The molecule has 120 valence electrons.